The van der Waals surface area contributed by atoms with Crippen molar-refractivity contribution in [2.75, 3.05) is 25.0 Å². The van der Waals surface area contributed by atoms with Crippen LogP contribution in [0.4, 0.5) is 10.1 Å². The lowest BCUT2D eigenvalue weighted by Crippen LogP contribution is -2.31. The number of aryl methyl sites for hydroxylation is 1. The minimum atomic E-state index is -0.504. The summed E-state index contributed by atoms with van der Waals surface area (Å²) in [7, 11) is 0. The Kier molecular flexibility index (Phi) is 5.58. The average Bonchev–Trinajstić information content (AvgIpc) is 3.10. The Labute approximate surface area is 157 Å². The predicted molar refractivity (Wildman–Crippen MR) is 101 cm³/mol. The SMILES string of the molecule is CCOC(=O)c1cnc2c(C)cc(F)cc2c1NC1CCN(C(=O)CC)C1. The number of aromatic nitrogens is 1. The largest absolute Gasteiger partial charge is 0.462 e. The second-order valence-electron chi connectivity index (χ2n) is 6.71. The molecule has 1 saturated heterocycles. The molecule has 0 bridgehead atoms. The highest BCUT2D eigenvalue weighted by molar-refractivity contribution is 6.05. The number of nitrogens with zero attached hydrogens (tertiary/aromatic N) is 2. The zero-order valence-corrected chi connectivity index (χ0v) is 15.8. The molecule has 0 aliphatic carbocycles. The fourth-order valence-corrected chi connectivity index (χ4v) is 3.49. The maximum absolute atomic E-state index is 14.1. The number of hydrogen-bond donors (Lipinski definition) is 1. The lowest BCUT2D eigenvalue weighted by Gasteiger charge is -2.20. The number of carbonyl (C=O) groups excluding carboxylic acids is 2. The zero-order valence-electron chi connectivity index (χ0n) is 15.8. The first-order valence-electron chi connectivity index (χ1n) is 9.24. The van der Waals surface area contributed by atoms with E-state index < -0.39 is 5.97 Å². The summed E-state index contributed by atoms with van der Waals surface area (Å²) in [4.78, 5) is 30.5. The number of benzene rings is 1. The second-order valence-corrected chi connectivity index (χ2v) is 6.71. The van der Waals surface area contributed by atoms with Gasteiger partial charge in [-0.15, -0.1) is 0 Å². The van der Waals surface area contributed by atoms with Crippen LogP contribution >= 0.6 is 0 Å². The third kappa shape index (κ3) is 3.86. The second kappa shape index (κ2) is 7.90. The van der Waals surface area contributed by atoms with Crippen LogP contribution in [0.1, 0.15) is 42.6 Å². The van der Waals surface area contributed by atoms with Crippen molar-refractivity contribution >= 4 is 28.5 Å². The molecule has 1 atom stereocenters. The van der Waals surface area contributed by atoms with Gasteiger partial charge in [0, 0.05) is 37.1 Å². The summed E-state index contributed by atoms with van der Waals surface area (Å²) in [5.74, 6) is -0.790. The molecule has 0 saturated carbocycles. The van der Waals surface area contributed by atoms with E-state index in [1.54, 1.807) is 18.7 Å². The van der Waals surface area contributed by atoms with Crippen LogP contribution in [0.15, 0.2) is 18.3 Å². The number of ether oxygens (including phenoxy) is 1. The number of rotatable bonds is 5. The summed E-state index contributed by atoms with van der Waals surface area (Å²) in [6.07, 6.45) is 2.69. The minimum Gasteiger partial charge on any atom is -0.462 e. The molecule has 0 spiro atoms. The third-order valence-corrected chi connectivity index (χ3v) is 4.81. The van der Waals surface area contributed by atoms with E-state index in [2.05, 4.69) is 10.3 Å². The molecule has 7 heteroatoms. The monoisotopic (exact) mass is 373 g/mol. The summed E-state index contributed by atoms with van der Waals surface area (Å²) >= 11 is 0. The molecule has 6 nitrogen and oxygen atoms in total. The van der Waals surface area contributed by atoms with Crippen molar-refractivity contribution in [1.82, 2.24) is 9.88 Å². The highest BCUT2D eigenvalue weighted by atomic mass is 19.1. The van der Waals surface area contributed by atoms with Gasteiger partial charge in [0.05, 0.1) is 17.8 Å². The maximum atomic E-state index is 14.1. The maximum Gasteiger partial charge on any atom is 0.341 e. The van der Waals surface area contributed by atoms with E-state index in [1.165, 1.54) is 18.3 Å². The third-order valence-electron chi connectivity index (χ3n) is 4.81. The molecule has 1 unspecified atom stereocenters. The Morgan fingerprint density at radius 1 is 1.37 bits per heavy atom. The van der Waals surface area contributed by atoms with Crippen molar-refractivity contribution in [3.63, 3.8) is 0 Å². The fraction of sp³-hybridized carbons (Fsp3) is 0.450. The van der Waals surface area contributed by atoms with Crippen molar-refractivity contribution in [3.8, 4) is 0 Å². The van der Waals surface area contributed by atoms with Crippen molar-refractivity contribution in [2.24, 2.45) is 0 Å². The van der Waals surface area contributed by atoms with Gasteiger partial charge in [-0.2, -0.15) is 0 Å². The van der Waals surface area contributed by atoms with E-state index in [4.69, 9.17) is 4.74 Å². The first-order chi connectivity index (χ1) is 12.9. The van der Waals surface area contributed by atoms with E-state index in [9.17, 15) is 14.0 Å². The van der Waals surface area contributed by atoms with Gasteiger partial charge < -0.3 is 15.0 Å². The first-order valence-corrected chi connectivity index (χ1v) is 9.24. The van der Waals surface area contributed by atoms with Gasteiger partial charge in [-0.1, -0.05) is 6.92 Å². The van der Waals surface area contributed by atoms with Crippen molar-refractivity contribution < 1.29 is 18.7 Å². The first kappa shape index (κ1) is 19.1. The van der Waals surface area contributed by atoms with Crippen LogP contribution in [0.3, 0.4) is 0 Å². The Bertz CT molecular complexity index is 884. The van der Waals surface area contributed by atoms with E-state index in [0.717, 1.165) is 6.42 Å². The van der Waals surface area contributed by atoms with E-state index >= 15 is 0 Å². The summed E-state index contributed by atoms with van der Waals surface area (Å²) < 4.78 is 19.2. The molecule has 2 aromatic rings. The molecule has 1 aromatic heterocycles. The van der Waals surface area contributed by atoms with Crippen LogP contribution in [0.25, 0.3) is 10.9 Å². The fourth-order valence-electron chi connectivity index (χ4n) is 3.49. The Hall–Kier alpha value is -2.70. The van der Waals surface area contributed by atoms with Crippen molar-refractivity contribution in [3.05, 3.63) is 35.3 Å². The molecule has 1 fully saturated rings. The topological polar surface area (TPSA) is 71.5 Å². The molecule has 2 heterocycles. The van der Waals surface area contributed by atoms with Gasteiger partial charge in [0.2, 0.25) is 5.91 Å². The number of nitrogens with one attached hydrogen (secondary N) is 1. The number of hydrogen-bond acceptors (Lipinski definition) is 5. The molecule has 3 rings (SSSR count). The number of halogens is 1. The molecule has 144 valence electrons. The summed E-state index contributed by atoms with van der Waals surface area (Å²) in [5, 5.41) is 3.89. The summed E-state index contributed by atoms with van der Waals surface area (Å²) in [6.45, 7) is 6.80. The molecule has 1 amide bonds. The molecule has 1 N–H and O–H groups in total. The summed E-state index contributed by atoms with van der Waals surface area (Å²) in [6, 6.07) is 2.77. The highest BCUT2D eigenvalue weighted by Gasteiger charge is 2.27. The minimum absolute atomic E-state index is 0.0251. The van der Waals surface area contributed by atoms with E-state index in [1.807, 2.05) is 6.92 Å². The lowest BCUT2D eigenvalue weighted by atomic mass is 10.0. The van der Waals surface area contributed by atoms with Crippen LogP contribution in [-0.4, -0.2) is 47.5 Å². The number of carbonyl (C=O) groups is 2. The number of amides is 1. The van der Waals surface area contributed by atoms with E-state index in [-0.39, 0.29) is 29.9 Å². The lowest BCUT2D eigenvalue weighted by molar-refractivity contribution is -0.129. The number of likely N-dealkylation sites (tertiary alicyclic amines) is 1. The summed E-state index contributed by atoms with van der Waals surface area (Å²) in [5.41, 5.74) is 2.11. The molecule has 27 heavy (non-hydrogen) atoms. The van der Waals surface area contributed by atoms with Crippen LogP contribution in [0.2, 0.25) is 0 Å². The van der Waals surface area contributed by atoms with Crippen LogP contribution in [-0.2, 0) is 9.53 Å². The Morgan fingerprint density at radius 3 is 2.85 bits per heavy atom. The molecule has 1 aliphatic rings. The highest BCUT2D eigenvalue weighted by Crippen LogP contribution is 2.31. The van der Waals surface area contributed by atoms with Gasteiger partial charge in [0.15, 0.2) is 0 Å². The molecule has 1 aromatic carbocycles. The smallest absolute Gasteiger partial charge is 0.341 e. The van der Waals surface area contributed by atoms with Gasteiger partial charge in [0.1, 0.15) is 11.4 Å². The number of pyridine rings is 1. The molecule has 0 radical (unpaired) electrons. The van der Waals surface area contributed by atoms with Gasteiger partial charge >= 0.3 is 5.97 Å². The van der Waals surface area contributed by atoms with Crippen LogP contribution < -0.4 is 5.32 Å². The number of fused-ring (bicyclic) bond motifs is 1. The average molecular weight is 373 g/mol. The Morgan fingerprint density at radius 2 is 2.15 bits per heavy atom. The van der Waals surface area contributed by atoms with Gasteiger partial charge in [-0.3, -0.25) is 9.78 Å². The van der Waals surface area contributed by atoms with Gasteiger partial charge in [0.25, 0.3) is 0 Å². The quantitative estimate of drug-likeness (QED) is 0.815. The van der Waals surface area contributed by atoms with Crippen LogP contribution in [0.5, 0.6) is 0 Å². The zero-order chi connectivity index (χ0) is 19.6. The number of esters is 1. The molecular weight excluding hydrogens is 349 g/mol. The Balaban J connectivity index is 2.01. The molecular formula is C20H24FN3O3. The van der Waals surface area contributed by atoms with Crippen LogP contribution in [0, 0.1) is 12.7 Å². The number of anilines is 1. The van der Waals surface area contributed by atoms with Gasteiger partial charge in [-0.25, -0.2) is 9.18 Å². The normalized spacial score (nSPS) is 16.6. The molecule has 1 aliphatic heterocycles. The van der Waals surface area contributed by atoms with Crippen molar-refractivity contribution in [1.29, 1.82) is 0 Å². The van der Waals surface area contributed by atoms with Gasteiger partial charge in [-0.05, 0) is 38.0 Å². The predicted octanol–water partition coefficient (Wildman–Crippen LogP) is 3.28. The van der Waals surface area contributed by atoms with E-state index in [0.29, 0.717) is 41.7 Å². The standard InChI is InChI=1S/C20H24FN3O3/c1-4-17(25)24-7-6-14(11-24)23-19-15-9-13(21)8-12(3)18(15)22-10-16(19)20(26)27-5-2/h8-10,14H,4-7,11H2,1-3H3,(H,22,23). The van der Waals surface area contributed by atoms with Crippen molar-refractivity contribution in [2.45, 2.75) is 39.7 Å².